The minimum Gasteiger partial charge on any atom is -0.396 e. The molecule has 0 rings (SSSR count). The van der Waals surface area contributed by atoms with Gasteiger partial charge in [-0.25, -0.2) is 0 Å². The van der Waals surface area contributed by atoms with Crippen LogP contribution in [-0.2, 0) is 0 Å². The molecule has 0 aliphatic carbocycles. The van der Waals surface area contributed by atoms with Crippen LogP contribution in [0.25, 0.3) is 0 Å². The van der Waals surface area contributed by atoms with Crippen LogP contribution in [0.15, 0.2) is 0 Å². The lowest BCUT2D eigenvalue weighted by Crippen LogP contribution is -2.22. The molecule has 0 saturated heterocycles. The lowest BCUT2D eigenvalue weighted by Gasteiger charge is -2.25. The van der Waals surface area contributed by atoms with Gasteiger partial charge in [-0.05, 0) is 28.5 Å². The fraction of sp³-hybridized carbons (Fsp3) is 0.909. The zero-order valence-corrected chi connectivity index (χ0v) is 10.3. The van der Waals surface area contributed by atoms with E-state index in [1.807, 2.05) is 13.8 Å². The van der Waals surface area contributed by atoms with Crippen LogP contribution < -0.4 is 0 Å². The smallest absolute Gasteiger partial charge is 0.0485 e. The van der Waals surface area contributed by atoms with E-state index in [-0.39, 0.29) is 17.4 Å². The van der Waals surface area contributed by atoms with E-state index in [4.69, 9.17) is 17.3 Å². The minimum absolute atomic E-state index is 0.0532. The molecule has 1 nitrogen and oxygen atoms in total. The molecule has 0 aliphatic rings. The van der Waals surface area contributed by atoms with E-state index in [1.165, 1.54) is 0 Å². The Kier molecular flexibility index (Phi) is 4.53. The molecule has 0 spiro atoms. The van der Waals surface area contributed by atoms with Crippen LogP contribution >= 0.6 is 12.2 Å². The molecule has 2 heteroatoms. The van der Waals surface area contributed by atoms with Gasteiger partial charge in [0.15, 0.2) is 0 Å². The highest BCUT2D eigenvalue weighted by Gasteiger charge is 2.21. The zero-order chi connectivity index (χ0) is 10.7. The first-order valence-electron chi connectivity index (χ1n) is 4.79. The predicted octanol–water partition coefficient (Wildman–Crippen LogP) is 3.20. The number of hydrogen-bond donors (Lipinski definition) is 1. The summed E-state index contributed by atoms with van der Waals surface area (Å²) in [5.41, 5.74) is 0.213. The van der Waals surface area contributed by atoms with Crippen LogP contribution in [-0.4, -0.2) is 16.6 Å². The van der Waals surface area contributed by atoms with Gasteiger partial charge in [0.05, 0.1) is 0 Å². The average Bonchev–Trinajstić information content (AvgIpc) is 1.81. The van der Waals surface area contributed by atoms with Crippen LogP contribution in [0.3, 0.4) is 0 Å². The second kappa shape index (κ2) is 4.52. The Labute approximate surface area is 87.5 Å². The Hall–Kier alpha value is 0.0500. The Morgan fingerprint density at radius 2 is 1.54 bits per heavy atom. The molecule has 0 atom stereocenters. The number of aliphatic hydroxyl groups excluding tert-OH is 1. The summed E-state index contributed by atoms with van der Waals surface area (Å²) in [5, 5.41) is 9.08. The van der Waals surface area contributed by atoms with Gasteiger partial charge in [-0.2, -0.15) is 0 Å². The van der Waals surface area contributed by atoms with Crippen molar-refractivity contribution < 1.29 is 5.11 Å². The quantitative estimate of drug-likeness (QED) is 0.706. The summed E-state index contributed by atoms with van der Waals surface area (Å²) in [6, 6.07) is 0. The van der Waals surface area contributed by atoms with E-state index in [0.29, 0.717) is 0 Å². The van der Waals surface area contributed by atoms with Crippen molar-refractivity contribution in [2.24, 2.45) is 10.8 Å². The molecule has 0 aromatic rings. The molecule has 0 amide bonds. The normalized spacial score (nSPS) is 13.1. The largest absolute Gasteiger partial charge is 0.396 e. The Balaban J connectivity index is 4.03. The molecule has 1 N–H and O–H groups in total. The molecule has 13 heavy (non-hydrogen) atoms. The molecule has 78 valence electrons. The summed E-state index contributed by atoms with van der Waals surface area (Å²) < 4.78 is 0. The van der Waals surface area contributed by atoms with Crippen LogP contribution in [0.2, 0.25) is 0 Å². The van der Waals surface area contributed by atoms with E-state index in [1.54, 1.807) is 0 Å². The van der Waals surface area contributed by atoms with Crippen molar-refractivity contribution in [3.8, 4) is 0 Å². The van der Waals surface area contributed by atoms with Crippen molar-refractivity contribution in [3.05, 3.63) is 0 Å². The highest BCUT2D eigenvalue weighted by atomic mass is 32.1. The number of hydrogen-bond acceptors (Lipinski definition) is 2. The van der Waals surface area contributed by atoms with E-state index < -0.39 is 0 Å². The maximum Gasteiger partial charge on any atom is 0.0485 e. The predicted molar refractivity (Wildman–Crippen MR) is 62.2 cm³/mol. The van der Waals surface area contributed by atoms with Gasteiger partial charge >= 0.3 is 0 Å². The van der Waals surface area contributed by atoms with Crippen molar-refractivity contribution in [3.63, 3.8) is 0 Å². The first-order valence-corrected chi connectivity index (χ1v) is 5.20. The van der Waals surface area contributed by atoms with Gasteiger partial charge in [0.2, 0.25) is 0 Å². The van der Waals surface area contributed by atoms with Crippen LogP contribution in [0.4, 0.5) is 0 Å². The van der Waals surface area contributed by atoms with Crippen LogP contribution in [0, 0.1) is 10.8 Å². The van der Waals surface area contributed by atoms with E-state index >= 15 is 0 Å². The second-order valence-corrected chi connectivity index (χ2v) is 6.35. The number of thiocarbonyl (C=S) groups is 1. The summed E-state index contributed by atoms with van der Waals surface area (Å²) >= 11 is 5.31. The average molecular weight is 202 g/mol. The van der Waals surface area contributed by atoms with Crippen molar-refractivity contribution in [2.75, 3.05) is 6.61 Å². The van der Waals surface area contributed by atoms with Crippen molar-refractivity contribution >= 4 is 17.1 Å². The number of rotatable bonds is 4. The van der Waals surface area contributed by atoms with Gasteiger partial charge in [-0.3, -0.25) is 0 Å². The zero-order valence-electron chi connectivity index (χ0n) is 9.48. The van der Waals surface area contributed by atoms with Crippen molar-refractivity contribution in [2.45, 2.75) is 47.5 Å². The Morgan fingerprint density at radius 1 is 1.08 bits per heavy atom. The molecule has 0 bridgehead atoms. The van der Waals surface area contributed by atoms with Crippen molar-refractivity contribution in [1.82, 2.24) is 0 Å². The van der Waals surface area contributed by atoms with Crippen LogP contribution in [0.1, 0.15) is 47.5 Å². The van der Waals surface area contributed by atoms with Gasteiger partial charge in [0, 0.05) is 6.61 Å². The van der Waals surface area contributed by atoms with Crippen molar-refractivity contribution in [1.29, 1.82) is 0 Å². The first-order chi connectivity index (χ1) is 5.66. The molecular formula is C11H22OS. The maximum absolute atomic E-state index is 9.08. The van der Waals surface area contributed by atoms with E-state index in [0.717, 1.165) is 17.7 Å². The molecule has 0 fully saturated rings. The maximum atomic E-state index is 9.08. The molecular weight excluding hydrogens is 180 g/mol. The standard InChI is InChI=1S/C11H22OS/c1-10(2,3)6-9(13)7-11(4,5)8-12/h12H,6-8H2,1-5H3. The number of aliphatic hydroxyl groups is 1. The van der Waals surface area contributed by atoms with Gasteiger partial charge < -0.3 is 5.11 Å². The molecule has 0 radical (unpaired) electrons. The van der Waals surface area contributed by atoms with Gasteiger partial charge in [0.1, 0.15) is 0 Å². The molecule has 0 unspecified atom stereocenters. The molecule has 0 heterocycles. The monoisotopic (exact) mass is 202 g/mol. The lowest BCUT2D eigenvalue weighted by atomic mass is 9.83. The Morgan fingerprint density at radius 3 is 1.85 bits per heavy atom. The first kappa shape index (κ1) is 13.1. The van der Waals surface area contributed by atoms with Gasteiger partial charge in [0.25, 0.3) is 0 Å². The molecule has 0 aromatic carbocycles. The summed E-state index contributed by atoms with van der Waals surface area (Å²) in [6.45, 7) is 10.9. The highest BCUT2D eigenvalue weighted by molar-refractivity contribution is 7.80. The van der Waals surface area contributed by atoms with Crippen LogP contribution in [0.5, 0.6) is 0 Å². The lowest BCUT2D eigenvalue weighted by molar-refractivity contribution is 0.166. The minimum atomic E-state index is -0.0532. The fourth-order valence-electron chi connectivity index (χ4n) is 1.24. The second-order valence-electron chi connectivity index (χ2n) is 5.78. The van der Waals surface area contributed by atoms with E-state index in [2.05, 4.69) is 20.8 Å². The molecule has 0 aromatic heterocycles. The summed E-state index contributed by atoms with van der Waals surface area (Å²) in [6.07, 6.45) is 1.81. The van der Waals surface area contributed by atoms with Gasteiger partial charge in [-0.15, -0.1) is 0 Å². The molecule has 0 saturated carbocycles. The van der Waals surface area contributed by atoms with Gasteiger partial charge in [-0.1, -0.05) is 46.8 Å². The Bertz CT molecular complexity index is 177. The highest BCUT2D eigenvalue weighted by Crippen LogP contribution is 2.26. The summed E-state index contributed by atoms with van der Waals surface area (Å²) in [4.78, 5) is 1.08. The third-order valence-corrected chi connectivity index (χ3v) is 2.12. The summed E-state index contributed by atoms with van der Waals surface area (Å²) in [7, 11) is 0. The summed E-state index contributed by atoms with van der Waals surface area (Å²) in [5.74, 6) is 0. The third-order valence-electron chi connectivity index (χ3n) is 1.83. The topological polar surface area (TPSA) is 20.2 Å². The SMILES string of the molecule is CC(C)(C)CC(=S)CC(C)(C)CO. The fourth-order valence-corrected chi connectivity index (χ4v) is 2.07. The molecule has 0 aliphatic heterocycles. The van der Waals surface area contributed by atoms with E-state index in [9.17, 15) is 0 Å². The third kappa shape index (κ3) is 7.15.